The van der Waals surface area contributed by atoms with Crippen LogP contribution in [0.3, 0.4) is 0 Å². The van der Waals surface area contributed by atoms with Crippen LogP contribution in [0, 0.1) is 0 Å². The molecule has 0 saturated carbocycles. The van der Waals surface area contributed by atoms with E-state index in [1.54, 1.807) is 0 Å². The number of benzene rings is 3. The third-order valence-corrected chi connectivity index (χ3v) is 5.13. The van der Waals surface area contributed by atoms with Crippen LogP contribution in [0.1, 0.15) is 17.3 Å². The second-order valence-corrected chi connectivity index (χ2v) is 7.00. The maximum Gasteiger partial charge on any atom is 0.342 e. The van der Waals surface area contributed by atoms with Crippen molar-refractivity contribution in [1.29, 1.82) is 0 Å². The van der Waals surface area contributed by atoms with Gasteiger partial charge in [0.15, 0.2) is 6.61 Å². The van der Waals surface area contributed by atoms with Crippen molar-refractivity contribution in [1.82, 2.24) is 4.57 Å². The summed E-state index contributed by atoms with van der Waals surface area (Å²) < 4.78 is 12.3. The van der Waals surface area contributed by atoms with Crippen LogP contribution in [-0.4, -0.2) is 35.3 Å². The molecule has 0 saturated heterocycles. The molecule has 0 spiro atoms. The first-order valence-corrected chi connectivity index (χ1v) is 9.86. The number of esters is 1. The molecule has 158 valence electrons. The quantitative estimate of drug-likeness (QED) is 0.455. The number of phenolic OH excluding ortho intramolecular Hbond substituents is 1. The number of nitrogens with zero attached hydrogens (tertiary/aromatic N) is 1. The zero-order valence-corrected chi connectivity index (χ0v) is 17.2. The highest BCUT2D eigenvalue weighted by Gasteiger charge is 2.16. The van der Waals surface area contributed by atoms with Crippen LogP contribution in [-0.2, 0) is 16.1 Å². The van der Waals surface area contributed by atoms with Crippen molar-refractivity contribution in [2.24, 2.45) is 0 Å². The lowest BCUT2D eigenvalue weighted by Crippen LogP contribution is -2.21. The Kier molecular flexibility index (Phi) is 5.49. The SMILES string of the molecule is CCn1c2ccccc2c2cc(NC(=O)COC(=O)c3cc(OC)ccc3O)ccc21. The summed E-state index contributed by atoms with van der Waals surface area (Å²) >= 11 is 0. The number of anilines is 1. The van der Waals surface area contributed by atoms with Gasteiger partial charge in [0.05, 0.1) is 7.11 Å². The normalized spacial score (nSPS) is 10.9. The largest absolute Gasteiger partial charge is 0.507 e. The van der Waals surface area contributed by atoms with Gasteiger partial charge in [-0.1, -0.05) is 18.2 Å². The highest BCUT2D eigenvalue weighted by Crippen LogP contribution is 2.31. The van der Waals surface area contributed by atoms with Gasteiger partial charge in [-0.15, -0.1) is 0 Å². The van der Waals surface area contributed by atoms with E-state index in [-0.39, 0.29) is 11.3 Å². The molecule has 2 N–H and O–H groups in total. The van der Waals surface area contributed by atoms with E-state index < -0.39 is 18.5 Å². The second kappa shape index (κ2) is 8.39. The Morgan fingerprint density at radius 2 is 1.77 bits per heavy atom. The molecule has 1 amide bonds. The predicted octanol–water partition coefficient (Wildman–Crippen LogP) is 4.32. The molecule has 31 heavy (non-hydrogen) atoms. The number of para-hydroxylation sites is 1. The third kappa shape index (κ3) is 3.90. The first kappa shape index (κ1) is 20.3. The number of aryl methyl sites for hydroxylation is 1. The van der Waals surface area contributed by atoms with Crippen LogP contribution in [0.4, 0.5) is 5.69 Å². The van der Waals surface area contributed by atoms with E-state index in [0.29, 0.717) is 11.4 Å². The number of carbonyl (C=O) groups excluding carboxylic acids is 2. The zero-order chi connectivity index (χ0) is 22.0. The fraction of sp³-hybridized carbons (Fsp3) is 0.167. The molecular weight excluding hydrogens is 396 g/mol. The number of phenols is 1. The van der Waals surface area contributed by atoms with Crippen LogP contribution in [0.25, 0.3) is 21.8 Å². The molecule has 0 radical (unpaired) electrons. The number of ether oxygens (including phenoxy) is 2. The van der Waals surface area contributed by atoms with Crippen LogP contribution >= 0.6 is 0 Å². The van der Waals surface area contributed by atoms with Gasteiger partial charge in [-0.3, -0.25) is 4.79 Å². The van der Waals surface area contributed by atoms with Gasteiger partial charge in [-0.05, 0) is 49.4 Å². The van der Waals surface area contributed by atoms with Gasteiger partial charge < -0.3 is 24.5 Å². The number of nitrogens with one attached hydrogen (secondary N) is 1. The summed E-state index contributed by atoms with van der Waals surface area (Å²) in [6, 6.07) is 18.0. The summed E-state index contributed by atoms with van der Waals surface area (Å²) in [5.74, 6) is -1.14. The summed E-state index contributed by atoms with van der Waals surface area (Å²) in [4.78, 5) is 24.6. The van der Waals surface area contributed by atoms with E-state index in [9.17, 15) is 14.7 Å². The number of hydrogen-bond donors (Lipinski definition) is 2. The number of carbonyl (C=O) groups is 2. The Morgan fingerprint density at radius 3 is 2.55 bits per heavy atom. The van der Waals surface area contributed by atoms with E-state index in [1.807, 2.05) is 30.3 Å². The fourth-order valence-electron chi connectivity index (χ4n) is 3.68. The minimum Gasteiger partial charge on any atom is -0.507 e. The van der Waals surface area contributed by atoms with Crippen LogP contribution in [0.2, 0.25) is 0 Å². The molecule has 0 unspecified atom stereocenters. The van der Waals surface area contributed by atoms with Gasteiger partial charge in [0.1, 0.15) is 17.1 Å². The summed E-state index contributed by atoms with van der Waals surface area (Å²) in [6.45, 7) is 2.45. The van der Waals surface area contributed by atoms with Crippen molar-refractivity contribution in [2.75, 3.05) is 19.0 Å². The van der Waals surface area contributed by atoms with Gasteiger partial charge in [0.2, 0.25) is 0 Å². The zero-order valence-electron chi connectivity index (χ0n) is 17.2. The lowest BCUT2D eigenvalue weighted by atomic mass is 10.1. The molecule has 3 aromatic carbocycles. The number of aromatic nitrogens is 1. The summed E-state index contributed by atoms with van der Waals surface area (Å²) in [5, 5.41) is 14.8. The van der Waals surface area contributed by atoms with E-state index in [2.05, 4.69) is 28.9 Å². The number of methoxy groups -OCH3 is 1. The highest BCUT2D eigenvalue weighted by atomic mass is 16.5. The van der Waals surface area contributed by atoms with Crippen LogP contribution < -0.4 is 10.1 Å². The molecular formula is C24H22N2O5. The van der Waals surface area contributed by atoms with Crippen molar-refractivity contribution in [3.05, 3.63) is 66.2 Å². The average molecular weight is 418 g/mol. The Balaban J connectivity index is 1.49. The Bertz CT molecular complexity index is 1290. The van der Waals surface area contributed by atoms with E-state index in [0.717, 1.165) is 28.4 Å². The van der Waals surface area contributed by atoms with Crippen molar-refractivity contribution in [2.45, 2.75) is 13.5 Å². The average Bonchev–Trinajstić information content (AvgIpc) is 3.11. The van der Waals surface area contributed by atoms with Gasteiger partial charge in [0, 0.05) is 34.0 Å². The van der Waals surface area contributed by atoms with E-state index in [1.165, 1.54) is 25.3 Å². The van der Waals surface area contributed by atoms with Crippen molar-refractivity contribution in [3.63, 3.8) is 0 Å². The monoisotopic (exact) mass is 418 g/mol. The molecule has 4 rings (SSSR count). The molecule has 0 atom stereocenters. The van der Waals surface area contributed by atoms with Gasteiger partial charge in [-0.2, -0.15) is 0 Å². The lowest BCUT2D eigenvalue weighted by molar-refractivity contribution is -0.119. The first-order chi connectivity index (χ1) is 15.0. The predicted molar refractivity (Wildman–Crippen MR) is 119 cm³/mol. The second-order valence-electron chi connectivity index (χ2n) is 7.00. The highest BCUT2D eigenvalue weighted by molar-refractivity contribution is 6.10. The maximum atomic E-state index is 12.3. The van der Waals surface area contributed by atoms with Crippen LogP contribution in [0.5, 0.6) is 11.5 Å². The molecule has 0 bridgehead atoms. The molecule has 7 nitrogen and oxygen atoms in total. The molecule has 0 aliphatic carbocycles. The Labute approximate surface area is 178 Å². The van der Waals surface area contributed by atoms with Crippen molar-refractivity contribution < 1.29 is 24.2 Å². The van der Waals surface area contributed by atoms with Crippen LogP contribution in [0.15, 0.2) is 60.7 Å². The minimum atomic E-state index is -0.812. The molecule has 0 aliphatic rings. The maximum absolute atomic E-state index is 12.3. The molecule has 0 aliphatic heterocycles. The lowest BCUT2D eigenvalue weighted by Gasteiger charge is -2.09. The molecule has 1 heterocycles. The van der Waals surface area contributed by atoms with E-state index in [4.69, 9.17) is 9.47 Å². The van der Waals surface area contributed by atoms with Gasteiger partial charge >= 0.3 is 5.97 Å². The topological polar surface area (TPSA) is 89.8 Å². The van der Waals surface area contributed by atoms with Gasteiger partial charge in [-0.25, -0.2) is 4.79 Å². The van der Waals surface area contributed by atoms with E-state index >= 15 is 0 Å². The van der Waals surface area contributed by atoms with Crippen molar-refractivity contribution in [3.8, 4) is 11.5 Å². The summed E-state index contributed by atoms with van der Waals surface area (Å²) in [6.07, 6.45) is 0. The van der Waals surface area contributed by atoms with Gasteiger partial charge in [0.25, 0.3) is 5.91 Å². The van der Waals surface area contributed by atoms with Crippen molar-refractivity contribution >= 4 is 39.4 Å². The number of hydrogen-bond acceptors (Lipinski definition) is 5. The molecule has 0 fully saturated rings. The molecule has 1 aromatic heterocycles. The number of rotatable bonds is 6. The summed E-state index contributed by atoms with van der Waals surface area (Å²) in [7, 11) is 1.45. The number of amides is 1. The fourth-order valence-corrected chi connectivity index (χ4v) is 3.68. The number of aromatic hydroxyl groups is 1. The minimum absolute atomic E-state index is 0.0686. The first-order valence-electron chi connectivity index (χ1n) is 9.86. The molecule has 4 aromatic rings. The standard InChI is InChI=1S/C24H22N2O5/c1-3-26-20-7-5-4-6-17(20)18-12-15(8-10-21(18)26)25-23(28)14-31-24(29)19-13-16(30-2)9-11-22(19)27/h4-13,27H,3,14H2,1-2H3,(H,25,28). The smallest absolute Gasteiger partial charge is 0.342 e. The summed E-state index contributed by atoms with van der Waals surface area (Å²) in [5.41, 5.74) is 2.76. The Morgan fingerprint density at radius 1 is 1.00 bits per heavy atom. The third-order valence-electron chi connectivity index (χ3n) is 5.13. The number of fused-ring (bicyclic) bond motifs is 3. The molecule has 7 heteroatoms. The Hall–Kier alpha value is -4.00.